The maximum Gasteiger partial charge on any atom is 0.0337 e. The molecule has 2 nitrogen and oxygen atoms in total. The van der Waals surface area contributed by atoms with Crippen LogP contribution in [0.5, 0.6) is 0 Å². The van der Waals surface area contributed by atoms with Crippen molar-refractivity contribution in [3.63, 3.8) is 0 Å². The summed E-state index contributed by atoms with van der Waals surface area (Å²) in [4.78, 5) is 0. The fourth-order valence-electron chi connectivity index (χ4n) is 1.52. The standard InChI is InChI=1S/C13H22N2/c1-3-4-5-10-15-11-12-6-8-13(14-2)9-7-12/h6-9,14-15H,3-5,10-11H2,1-2H3. The van der Waals surface area contributed by atoms with Gasteiger partial charge in [0, 0.05) is 19.3 Å². The molecule has 0 amide bonds. The highest BCUT2D eigenvalue weighted by Gasteiger charge is 1.92. The second-order valence-corrected chi connectivity index (χ2v) is 3.83. The summed E-state index contributed by atoms with van der Waals surface area (Å²) in [6.07, 6.45) is 3.90. The maximum absolute atomic E-state index is 3.45. The summed E-state index contributed by atoms with van der Waals surface area (Å²) in [7, 11) is 1.94. The molecular weight excluding hydrogens is 184 g/mol. The molecule has 0 aliphatic rings. The lowest BCUT2D eigenvalue weighted by Crippen LogP contribution is -2.14. The minimum atomic E-state index is 0.980. The predicted octanol–water partition coefficient (Wildman–Crippen LogP) is 3.01. The van der Waals surface area contributed by atoms with Gasteiger partial charge in [0.15, 0.2) is 0 Å². The summed E-state index contributed by atoms with van der Waals surface area (Å²) >= 11 is 0. The van der Waals surface area contributed by atoms with E-state index < -0.39 is 0 Å². The van der Waals surface area contributed by atoms with Gasteiger partial charge >= 0.3 is 0 Å². The van der Waals surface area contributed by atoms with Gasteiger partial charge in [-0.3, -0.25) is 0 Å². The normalized spacial score (nSPS) is 10.3. The molecule has 0 aromatic heterocycles. The van der Waals surface area contributed by atoms with E-state index in [0.29, 0.717) is 0 Å². The summed E-state index contributed by atoms with van der Waals surface area (Å²) in [6.45, 7) is 4.34. The first-order valence-corrected chi connectivity index (χ1v) is 5.84. The van der Waals surface area contributed by atoms with Crippen molar-refractivity contribution < 1.29 is 0 Å². The summed E-state index contributed by atoms with van der Waals surface area (Å²) in [6, 6.07) is 8.56. The molecule has 15 heavy (non-hydrogen) atoms. The second-order valence-electron chi connectivity index (χ2n) is 3.83. The van der Waals surface area contributed by atoms with Crippen LogP contribution in [0.2, 0.25) is 0 Å². The van der Waals surface area contributed by atoms with E-state index in [2.05, 4.69) is 41.8 Å². The summed E-state index contributed by atoms with van der Waals surface area (Å²) in [5, 5.41) is 6.57. The van der Waals surface area contributed by atoms with Crippen LogP contribution in [0.25, 0.3) is 0 Å². The Kier molecular flexibility index (Phi) is 5.86. The van der Waals surface area contributed by atoms with Gasteiger partial charge in [-0.2, -0.15) is 0 Å². The van der Waals surface area contributed by atoms with Crippen molar-refractivity contribution in [1.29, 1.82) is 0 Å². The highest BCUT2D eigenvalue weighted by atomic mass is 14.8. The van der Waals surface area contributed by atoms with E-state index in [1.54, 1.807) is 0 Å². The fourth-order valence-corrected chi connectivity index (χ4v) is 1.52. The van der Waals surface area contributed by atoms with Gasteiger partial charge in [-0.25, -0.2) is 0 Å². The van der Waals surface area contributed by atoms with E-state index in [4.69, 9.17) is 0 Å². The molecule has 0 saturated carbocycles. The smallest absolute Gasteiger partial charge is 0.0337 e. The summed E-state index contributed by atoms with van der Waals surface area (Å²) in [5.41, 5.74) is 2.52. The zero-order valence-electron chi connectivity index (χ0n) is 9.84. The molecule has 0 bridgehead atoms. The largest absolute Gasteiger partial charge is 0.388 e. The van der Waals surface area contributed by atoms with Gasteiger partial charge < -0.3 is 10.6 Å². The molecule has 2 heteroatoms. The van der Waals surface area contributed by atoms with Crippen molar-refractivity contribution in [2.45, 2.75) is 32.7 Å². The van der Waals surface area contributed by atoms with Gasteiger partial charge in [0.2, 0.25) is 0 Å². The molecule has 1 aromatic rings. The molecule has 0 heterocycles. The van der Waals surface area contributed by atoms with Crippen LogP contribution in [0.1, 0.15) is 31.7 Å². The number of benzene rings is 1. The van der Waals surface area contributed by atoms with E-state index in [-0.39, 0.29) is 0 Å². The Morgan fingerprint density at radius 3 is 2.40 bits per heavy atom. The van der Waals surface area contributed by atoms with Gasteiger partial charge in [0.05, 0.1) is 0 Å². The van der Waals surface area contributed by atoms with E-state index in [1.165, 1.54) is 30.5 Å². The van der Waals surface area contributed by atoms with Gasteiger partial charge in [-0.05, 0) is 30.7 Å². The van der Waals surface area contributed by atoms with Crippen molar-refractivity contribution in [2.24, 2.45) is 0 Å². The van der Waals surface area contributed by atoms with Gasteiger partial charge in [-0.15, -0.1) is 0 Å². The lowest BCUT2D eigenvalue weighted by molar-refractivity contribution is 0.617. The highest BCUT2D eigenvalue weighted by Crippen LogP contribution is 2.08. The van der Waals surface area contributed by atoms with Gasteiger partial charge in [0.25, 0.3) is 0 Å². The monoisotopic (exact) mass is 206 g/mol. The van der Waals surface area contributed by atoms with Crippen LogP contribution in [0, 0.1) is 0 Å². The van der Waals surface area contributed by atoms with Crippen LogP contribution < -0.4 is 10.6 Å². The fraction of sp³-hybridized carbons (Fsp3) is 0.538. The Balaban J connectivity index is 2.20. The zero-order chi connectivity index (χ0) is 10.9. The van der Waals surface area contributed by atoms with Crippen LogP contribution >= 0.6 is 0 Å². The topological polar surface area (TPSA) is 24.1 Å². The Bertz CT molecular complexity index is 254. The molecule has 0 fully saturated rings. The van der Waals surface area contributed by atoms with E-state index >= 15 is 0 Å². The molecule has 0 aliphatic heterocycles. The number of anilines is 1. The van der Waals surface area contributed by atoms with Crippen molar-refractivity contribution in [2.75, 3.05) is 18.9 Å². The van der Waals surface area contributed by atoms with E-state index in [0.717, 1.165) is 13.1 Å². The molecule has 0 radical (unpaired) electrons. The third-order valence-corrected chi connectivity index (χ3v) is 2.53. The zero-order valence-corrected chi connectivity index (χ0v) is 9.84. The Morgan fingerprint density at radius 1 is 1.07 bits per heavy atom. The Labute approximate surface area is 93.1 Å². The van der Waals surface area contributed by atoms with Gasteiger partial charge in [0.1, 0.15) is 0 Å². The van der Waals surface area contributed by atoms with E-state index in [9.17, 15) is 0 Å². The van der Waals surface area contributed by atoms with E-state index in [1.807, 2.05) is 7.05 Å². The second kappa shape index (κ2) is 7.30. The first-order chi connectivity index (χ1) is 7.36. The molecule has 2 N–H and O–H groups in total. The van der Waals surface area contributed by atoms with Crippen LogP contribution in [-0.4, -0.2) is 13.6 Å². The molecule has 1 aromatic carbocycles. The lowest BCUT2D eigenvalue weighted by Gasteiger charge is -2.05. The first kappa shape index (κ1) is 12.1. The van der Waals surface area contributed by atoms with Gasteiger partial charge in [-0.1, -0.05) is 31.9 Å². The number of nitrogens with one attached hydrogen (secondary N) is 2. The average Bonchev–Trinajstić information content (AvgIpc) is 2.30. The molecule has 0 atom stereocenters. The Morgan fingerprint density at radius 2 is 1.80 bits per heavy atom. The SMILES string of the molecule is CCCCCNCc1ccc(NC)cc1. The quantitative estimate of drug-likeness (QED) is 0.670. The average molecular weight is 206 g/mol. The third kappa shape index (κ3) is 4.84. The van der Waals surface area contributed by atoms with Crippen LogP contribution in [0.4, 0.5) is 5.69 Å². The number of rotatable bonds is 7. The minimum absolute atomic E-state index is 0.980. The highest BCUT2D eigenvalue weighted by molar-refractivity contribution is 5.43. The minimum Gasteiger partial charge on any atom is -0.388 e. The number of hydrogen-bond donors (Lipinski definition) is 2. The van der Waals surface area contributed by atoms with Crippen LogP contribution in [0.15, 0.2) is 24.3 Å². The molecular formula is C13H22N2. The third-order valence-electron chi connectivity index (χ3n) is 2.53. The molecule has 1 rings (SSSR count). The molecule has 0 unspecified atom stereocenters. The van der Waals surface area contributed by atoms with Crippen molar-refractivity contribution in [3.8, 4) is 0 Å². The van der Waals surface area contributed by atoms with Crippen LogP contribution in [0.3, 0.4) is 0 Å². The van der Waals surface area contributed by atoms with Crippen molar-refractivity contribution >= 4 is 5.69 Å². The maximum atomic E-state index is 3.45. The molecule has 0 aliphatic carbocycles. The molecule has 84 valence electrons. The molecule has 0 spiro atoms. The van der Waals surface area contributed by atoms with Crippen LogP contribution in [-0.2, 0) is 6.54 Å². The van der Waals surface area contributed by atoms with Crippen molar-refractivity contribution in [1.82, 2.24) is 5.32 Å². The Hall–Kier alpha value is -1.02. The predicted molar refractivity (Wildman–Crippen MR) is 67.2 cm³/mol. The summed E-state index contributed by atoms with van der Waals surface area (Å²) < 4.78 is 0. The number of unbranched alkanes of at least 4 members (excludes halogenated alkanes) is 2. The van der Waals surface area contributed by atoms with Crippen molar-refractivity contribution in [3.05, 3.63) is 29.8 Å². The lowest BCUT2D eigenvalue weighted by atomic mass is 10.2. The molecule has 0 saturated heterocycles. The first-order valence-electron chi connectivity index (χ1n) is 5.84. The number of hydrogen-bond acceptors (Lipinski definition) is 2. The summed E-state index contributed by atoms with van der Waals surface area (Å²) in [5.74, 6) is 0.